The number of alkyl halides is 1. The second kappa shape index (κ2) is 6.46. The minimum absolute atomic E-state index is 0.0830. The van der Waals surface area contributed by atoms with Gasteiger partial charge in [0.1, 0.15) is 34.8 Å². The molecule has 3 rings (SSSR count). The van der Waals surface area contributed by atoms with E-state index in [0.717, 1.165) is 0 Å². The molecule has 1 fully saturated rings. The van der Waals surface area contributed by atoms with Gasteiger partial charge in [0.25, 0.3) is 11.8 Å². The lowest BCUT2D eigenvalue weighted by molar-refractivity contribution is 0.0477. The second-order valence-corrected chi connectivity index (χ2v) is 6.03. The van der Waals surface area contributed by atoms with Gasteiger partial charge in [-0.05, 0) is 6.92 Å². The lowest BCUT2D eigenvalue weighted by Gasteiger charge is -2.41. The molecule has 1 aliphatic carbocycles. The molecule has 0 saturated heterocycles. The van der Waals surface area contributed by atoms with E-state index in [1.807, 2.05) is 0 Å². The largest absolute Gasteiger partial charge is 0.367 e. The zero-order chi connectivity index (χ0) is 18.0. The number of aryl methyl sites for hydroxylation is 1. The molecule has 2 aromatic rings. The first-order chi connectivity index (χ1) is 11.9. The van der Waals surface area contributed by atoms with Gasteiger partial charge in [-0.2, -0.15) is 0 Å². The molecule has 9 nitrogen and oxygen atoms in total. The smallest absolute Gasteiger partial charge is 0.267 e. The maximum absolute atomic E-state index is 14.6. The van der Waals surface area contributed by atoms with Crippen LogP contribution in [0, 0.1) is 6.92 Å². The van der Waals surface area contributed by atoms with Crippen molar-refractivity contribution in [3.05, 3.63) is 35.6 Å². The number of anilines is 1. The zero-order valence-electron chi connectivity index (χ0n) is 13.5. The summed E-state index contributed by atoms with van der Waals surface area (Å²) in [6.45, 7) is 1.50. The van der Waals surface area contributed by atoms with Crippen molar-refractivity contribution in [3.8, 4) is 0 Å². The number of amides is 2. The van der Waals surface area contributed by atoms with Crippen LogP contribution in [0.5, 0.6) is 0 Å². The van der Waals surface area contributed by atoms with E-state index >= 15 is 0 Å². The predicted octanol–water partition coefficient (Wildman–Crippen LogP) is 0.585. The van der Waals surface area contributed by atoms with Crippen molar-refractivity contribution in [3.63, 3.8) is 0 Å². The van der Waals surface area contributed by atoms with Crippen LogP contribution in [-0.2, 0) is 0 Å². The molecule has 0 radical (unpaired) electrons. The van der Waals surface area contributed by atoms with Crippen molar-refractivity contribution in [1.82, 2.24) is 20.4 Å². The molecule has 0 bridgehead atoms. The molecule has 0 unspecified atom stereocenters. The Bertz CT molecular complexity index is 802. The molecule has 132 valence electrons. The molecule has 0 spiro atoms. The first kappa shape index (κ1) is 16.8. The number of rotatable bonds is 6. The molecule has 0 aliphatic heterocycles. The van der Waals surface area contributed by atoms with E-state index in [1.165, 1.54) is 18.6 Å². The Hall–Kier alpha value is -3.04. The summed E-state index contributed by atoms with van der Waals surface area (Å²) in [7, 11) is 0. The van der Waals surface area contributed by atoms with Crippen LogP contribution in [0.1, 0.15) is 39.4 Å². The number of hydrogen-bond donors (Lipinski definition) is 3. The van der Waals surface area contributed by atoms with Crippen molar-refractivity contribution in [2.24, 2.45) is 5.73 Å². The van der Waals surface area contributed by atoms with Crippen LogP contribution in [0.25, 0.3) is 0 Å². The normalized spacial score (nSPS) is 22.1. The highest BCUT2D eigenvalue weighted by Crippen LogP contribution is 2.37. The third-order valence-electron chi connectivity index (χ3n) is 4.06. The summed E-state index contributed by atoms with van der Waals surface area (Å²) in [5.41, 5.74) is 4.02. The van der Waals surface area contributed by atoms with Gasteiger partial charge in [-0.15, -0.1) is 0 Å². The van der Waals surface area contributed by atoms with Crippen LogP contribution >= 0.6 is 0 Å². The lowest BCUT2D eigenvalue weighted by Crippen LogP contribution is -2.54. The van der Waals surface area contributed by atoms with Gasteiger partial charge >= 0.3 is 0 Å². The van der Waals surface area contributed by atoms with Gasteiger partial charge < -0.3 is 20.9 Å². The molecule has 2 heterocycles. The Balaban J connectivity index is 1.49. The van der Waals surface area contributed by atoms with Crippen molar-refractivity contribution in [2.45, 2.75) is 31.5 Å². The summed E-state index contributed by atoms with van der Waals surface area (Å²) in [6.07, 6.45) is 2.91. The first-order valence-corrected chi connectivity index (χ1v) is 7.63. The number of hydrogen-bond acceptors (Lipinski definition) is 7. The number of aromatic nitrogens is 3. The van der Waals surface area contributed by atoms with E-state index in [9.17, 15) is 14.0 Å². The van der Waals surface area contributed by atoms with Crippen LogP contribution in [0.3, 0.4) is 0 Å². The summed E-state index contributed by atoms with van der Waals surface area (Å²) >= 11 is 0. The monoisotopic (exact) mass is 348 g/mol. The summed E-state index contributed by atoms with van der Waals surface area (Å²) in [4.78, 5) is 30.7. The van der Waals surface area contributed by atoms with E-state index in [2.05, 4.69) is 25.8 Å². The maximum atomic E-state index is 14.6. The van der Waals surface area contributed by atoms with Crippen molar-refractivity contribution in [1.29, 1.82) is 0 Å². The van der Waals surface area contributed by atoms with Gasteiger partial charge in [0, 0.05) is 24.9 Å². The fraction of sp³-hybridized carbons (Fsp3) is 0.400. The fourth-order valence-electron chi connectivity index (χ4n) is 2.70. The molecule has 25 heavy (non-hydrogen) atoms. The average Bonchev–Trinajstić information content (AvgIpc) is 2.97. The average molecular weight is 348 g/mol. The minimum Gasteiger partial charge on any atom is -0.367 e. The molecule has 1 aliphatic rings. The van der Waals surface area contributed by atoms with Crippen LogP contribution < -0.4 is 16.4 Å². The molecule has 2 amide bonds. The minimum atomic E-state index is -1.50. The zero-order valence-corrected chi connectivity index (χ0v) is 13.5. The van der Waals surface area contributed by atoms with E-state index in [-0.39, 0.29) is 36.7 Å². The molecular weight excluding hydrogens is 331 g/mol. The Kier molecular flexibility index (Phi) is 4.34. The summed E-state index contributed by atoms with van der Waals surface area (Å²) in [5, 5.41) is 9.08. The molecule has 4 N–H and O–H groups in total. The topological polar surface area (TPSA) is 136 Å². The van der Waals surface area contributed by atoms with Gasteiger partial charge in [0.15, 0.2) is 0 Å². The van der Waals surface area contributed by atoms with E-state index < -0.39 is 17.5 Å². The molecule has 0 atom stereocenters. The van der Waals surface area contributed by atoms with Crippen LogP contribution in [0.4, 0.5) is 10.2 Å². The molecular formula is C15H17FN6O3. The third-order valence-corrected chi connectivity index (χ3v) is 4.06. The number of halogens is 1. The molecule has 2 aromatic heterocycles. The maximum Gasteiger partial charge on any atom is 0.267 e. The number of nitrogens with two attached hydrogens (primary N) is 1. The lowest BCUT2D eigenvalue weighted by atomic mass is 9.77. The first-order valence-electron chi connectivity index (χ1n) is 7.63. The Labute approximate surface area is 142 Å². The van der Waals surface area contributed by atoms with Gasteiger partial charge in [0.2, 0.25) is 0 Å². The van der Waals surface area contributed by atoms with Crippen LogP contribution in [-0.4, -0.2) is 45.2 Å². The third kappa shape index (κ3) is 3.73. The molecule has 1 saturated carbocycles. The van der Waals surface area contributed by atoms with Crippen molar-refractivity contribution < 1.29 is 18.5 Å². The SMILES string of the molecule is Cc1oncc1C(=O)NCC1(F)CC(Nc2cc(C(N)=O)ncn2)C1. The Morgan fingerprint density at radius 2 is 2.20 bits per heavy atom. The quantitative estimate of drug-likeness (QED) is 0.695. The summed E-state index contributed by atoms with van der Waals surface area (Å²) in [6, 6.07) is 1.26. The van der Waals surface area contributed by atoms with Gasteiger partial charge in [-0.3, -0.25) is 9.59 Å². The van der Waals surface area contributed by atoms with Crippen molar-refractivity contribution >= 4 is 17.6 Å². The molecule has 10 heteroatoms. The van der Waals surface area contributed by atoms with E-state index in [1.54, 1.807) is 6.92 Å². The van der Waals surface area contributed by atoms with Gasteiger partial charge in [-0.1, -0.05) is 5.16 Å². The van der Waals surface area contributed by atoms with Gasteiger partial charge in [0.05, 0.1) is 12.7 Å². The number of carbonyl (C=O) groups excluding carboxylic acids is 2. The molecule has 0 aromatic carbocycles. The number of carbonyl (C=O) groups is 2. The highest BCUT2D eigenvalue weighted by molar-refractivity contribution is 5.94. The highest BCUT2D eigenvalue weighted by atomic mass is 19.1. The van der Waals surface area contributed by atoms with Gasteiger partial charge in [-0.25, -0.2) is 14.4 Å². The van der Waals surface area contributed by atoms with E-state index in [4.69, 9.17) is 10.3 Å². The number of nitrogens with one attached hydrogen (secondary N) is 2. The standard InChI is InChI=1S/C15H17FN6O3/c1-8-10(5-21-25-8)14(24)18-6-15(16)3-9(4-15)22-12-2-11(13(17)23)19-7-20-12/h2,5,7,9H,3-4,6H2,1H3,(H2,17,23)(H,18,24)(H,19,20,22). The summed E-state index contributed by atoms with van der Waals surface area (Å²) in [5.74, 6) is -0.299. The fourth-order valence-corrected chi connectivity index (χ4v) is 2.70. The van der Waals surface area contributed by atoms with Crippen LogP contribution in [0.2, 0.25) is 0 Å². The number of primary amides is 1. The van der Waals surface area contributed by atoms with E-state index in [0.29, 0.717) is 11.6 Å². The van der Waals surface area contributed by atoms with Crippen molar-refractivity contribution in [2.75, 3.05) is 11.9 Å². The predicted molar refractivity (Wildman–Crippen MR) is 84.6 cm³/mol. The highest BCUT2D eigenvalue weighted by Gasteiger charge is 2.45. The summed E-state index contributed by atoms with van der Waals surface area (Å²) < 4.78 is 19.4. The van der Waals surface area contributed by atoms with Crippen LogP contribution in [0.15, 0.2) is 23.1 Å². The Morgan fingerprint density at radius 1 is 1.44 bits per heavy atom. The Morgan fingerprint density at radius 3 is 2.84 bits per heavy atom. The number of nitrogens with zero attached hydrogens (tertiary/aromatic N) is 3. The second-order valence-electron chi connectivity index (χ2n) is 6.03.